The molecule has 2 aromatic rings. The number of aryl methyl sites for hydroxylation is 1. The second-order valence-corrected chi connectivity index (χ2v) is 10.1. The van der Waals surface area contributed by atoms with E-state index in [0.29, 0.717) is 11.4 Å². The van der Waals surface area contributed by atoms with Gasteiger partial charge in [0, 0.05) is 29.7 Å². The maximum Gasteiger partial charge on any atom is 0.293 e. The van der Waals surface area contributed by atoms with Crippen molar-refractivity contribution in [1.82, 2.24) is 14.8 Å². The summed E-state index contributed by atoms with van der Waals surface area (Å²) in [5, 5.41) is 3.94. The molecular weight excluding hydrogens is 422 g/mol. The van der Waals surface area contributed by atoms with Crippen molar-refractivity contribution in [2.45, 2.75) is 65.5 Å². The Kier molecular flexibility index (Phi) is 6.74. The number of hydrogen-bond acceptors (Lipinski definition) is 4. The Morgan fingerprint density at radius 3 is 2.69 bits per heavy atom. The highest BCUT2D eigenvalue weighted by molar-refractivity contribution is 8.18. The average molecular weight is 454 g/mol. The zero-order valence-electron chi connectivity index (χ0n) is 19.0. The number of imide groups is 1. The second-order valence-electron chi connectivity index (χ2n) is 9.11. The van der Waals surface area contributed by atoms with Gasteiger partial charge in [-0.3, -0.25) is 19.3 Å². The number of nitrogens with one attached hydrogen (secondary N) is 1. The van der Waals surface area contributed by atoms with Gasteiger partial charge in [0.2, 0.25) is 5.91 Å². The van der Waals surface area contributed by atoms with Gasteiger partial charge in [-0.25, -0.2) is 0 Å². The van der Waals surface area contributed by atoms with Crippen LogP contribution in [0.3, 0.4) is 0 Å². The average Bonchev–Trinajstić information content (AvgIpc) is 3.44. The lowest BCUT2D eigenvalue weighted by atomic mass is 10.1. The van der Waals surface area contributed by atoms with Gasteiger partial charge in [-0.05, 0) is 48.6 Å². The van der Waals surface area contributed by atoms with Crippen molar-refractivity contribution >= 4 is 45.8 Å². The molecule has 7 heteroatoms. The second kappa shape index (κ2) is 9.53. The summed E-state index contributed by atoms with van der Waals surface area (Å²) >= 11 is 0.992. The van der Waals surface area contributed by atoms with E-state index in [0.717, 1.165) is 53.1 Å². The van der Waals surface area contributed by atoms with Crippen LogP contribution in [0.5, 0.6) is 0 Å². The van der Waals surface area contributed by atoms with Crippen LogP contribution < -0.4 is 5.32 Å². The Balaban J connectivity index is 1.66. The molecule has 0 bridgehead atoms. The first-order valence-electron chi connectivity index (χ1n) is 11.5. The number of rotatable bonds is 7. The predicted octanol–water partition coefficient (Wildman–Crippen LogP) is 4.95. The molecule has 1 aliphatic heterocycles. The Morgan fingerprint density at radius 2 is 2.00 bits per heavy atom. The van der Waals surface area contributed by atoms with E-state index in [1.165, 1.54) is 17.7 Å². The van der Waals surface area contributed by atoms with Crippen LogP contribution in [0, 0.1) is 5.92 Å². The molecule has 3 amide bonds. The van der Waals surface area contributed by atoms with Gasteiger partial charge in [0.05, 0.1) is 10.4 Å². The molecule has 2 heterocycles. The Labute approximate surface area is 193 Å². The fraction of sp³-hybridized carbons (Fsp3) is 0.480. The highest BCUT2D eigenvalue weighted by Crippen LogP contribution is 2.35. The third kappa shape index (κ3) is 4.63. The van der Waals surface area contributed by atoms with Crippen molar-refractivity contribution in [1.29, 1.82) is 0 Å². The number of thioether (sulfide) groups is 1. The third-order valence-corrected chi connectivity index (χ3v) is 7.04. The van der Waals surface area contributed by atoms with E-state index in [1.807, 2.05) is 36.7 Å². The van der Waals surface area contributed by atoms with Crippen molar-refractivity contribution in [2.24, 2.45) is 5.92 Å². The largest absolute Gasteiger partial charge is 0.352 e. The number of fused-ring (bicyclic) bond motifs is 1. The van der Waals surface area contributed by atoms with Gasteiger partial charge < -0.3 is 9.88 Å². The monoisotopic (exact) mass is 453 g/mol. The van der Waals surface area contributed by atoms with E-state index in [9.17, 15) is 14.4 Å². The first kappa shape index (κ1) is 22.6. The van der Waals surface area contributed by atoms with Gasteiger partial charge in [0.25, 0.3) is 11.1 Å². The van der Waals surface area contributed by atoms with E-state index in [4.69, 9.17) is 0 Å². The molecule has 0 radical (unpaired) electrons. The maximum atomic E-state index is 12.8. The minimum Gasteiger partial charge on any atom is -0.352 e. The number of para-hydroxylation sites is 1. The summed E-state index contributed by atoms with van der Waals surface area (Å²) in [7, 11) is 0. The molecule has 1 saturated carbocycles. The summed E-state index contributed by atoms with van der Waals surface area (Å²) in [6, 6.07) is 6.38. The summed E-state index contributed by atoms with van der Waals surface area (Å²) in [6.07, 6.45) is 9.04. The molecule has 4 rings (SSSR count). The molecule has 0 spiro atoms. The van der Waals surface area contributed by atoms with Gasteiger partial charge in [-0.15, -0.1) is 0 Å². The summed E-state index contributed by atoms with van der Waals surface area (Å²) in [4.78, 5) is 39.7. The molecule has 2 fully saturated rings. The zero-order valence-corrected chi connectivity index (χ0v) is 19.8. The van der Waals surface area contributed by atoms with Crippen molar-refractivity contribution < 1.29 is 14.4 Å². The zero-order chi connectivity index (χ0) is 22.8. The van der Waals surface area contributed by atoms with Crippen LogP contribution in [-0.4, -0.2) is 39.1 Å². The number of benzene rings is 1. The first-order valence-corrected chi connectivity index (χ1v) is 12.3. The molecule has 0 unspecified atom stereocenters. The Morgan fingerprint density at radius 1 is 1.25 bits per heavy atom. The molecule has 32 heavy (non-hydrogen) atoms. The summed E-state index contributed by atoms with van der Waals surface area (Å²) in [5.41, 5.74) is 3.03. The fourth-order valence-corrected chi connectivity index (χ4v) is 5.49. The van der Waals surface area contributed by atoms with Crippen LogP contribution in [0.25, 0.3) is 17.0 Å². The van der Waals surface area contributed by atoms with Crippen molar-refractivity contribution in [2.75, 3.05) is 6.54 Å². The lowest BCUT2D eigenvalue weighted by Crippen LogP contribution is -2.35. The quantitative estimate of drug-likeness (QED) is 0.602. The van der Waals surface area contributed by atoms with Crippen LogP contribution >= 0.6 is 11.8 Å². The van der Waals surface area contributed by atoms with Crippen molar-refractivity contribution in [3.8, 4) is 0 Å². The van der Waals surface area contributed by atoms with Gasteiger partial charge >= 0.3 is 0 Å². The molecular formula is C25H31N3O3S. The van der Waals surface area contributed by atoms with E-state index in [1.54, 1.807) is 6.08 Å². The number of nitrogens with zero attached hydrogens (tertiary/aromatic N) is 2. The summed E-state index contributed by atoms with van der Waals surface area (Å²) in [5.74, 6) is -0.000934. The Hall–Kier alpha value is -2.54. The molecule has 1 aromatic heterocycles. The number of aromatic nitrogens is 1. The standard InChI is InChI=1S/C25H31N3O3S/c1-4-17-8-7-11-20-18(12-21-24(30)28(13-16(2)3)25(31)32-21)14-27(23(17)20)15-22(29)26-19-9-5-6-10-19/h7-8,11-12,14,16,19H,4-6,9-10,13,15H2,1-3H3,(H,26,29)/b21-12-. The van der Waals surface area contributed by atoms with Gasteiger partial charge in [0.1, 0.15) is 6.54 Å². The molecule has 1 aromatic carbocycles. The van der Waals surface area contributed by atoms with Crippen LogP contribution in [0.15, 0.2) is 29.3 Å². The molecule has 0 atom stereocenters. The lowest BCUT2D eigenvalue weighted by molar-refractivity contribution is -0.123. The van der Waals surface area contributed by atoms with Gasteiger partial charge in [-0.2, -0.15) is 0 Å². The fourth-order valence-electron chi connectivity index (χ4n) is 4.65. The molecule has 1 N–H and O–H groups in total. The van der Waals surface area contributed by atoms with E-state index in [2.05, 4.69) is 18.3 Å². The predicted molar refractivity (Wildman–Crippen MR) is 129 cm³/mol. The van der Waals surface area contributed by atoms with E-state index in [-0.39, 0.29) is 35.6 Å². The van der Waals surface area contributed by atoms with Crippen molar-refractivity contribution in [3.05, 3.63) is 40.4 Å². The summed E-state index contributed by atoms with van der Waals surface area (Å²) in [6.45, 7) is 6.74. The highest BCUT2D eigenvalue weighted by atomic mass is 32.2. The third-order valence-electron chi connectivity index (χ3n) is 6.14. The number of carbonyl (C=O) groups excluding carboxylic acids is 3. The Bertz CT molecular complexity index is 1080. The number of amides is 3. The van der Waals surface area contributed by atoms with Crippen molar-refractivity contribution in [3.63, 3.8) is 0 Å². The lowest BCUT2D eigenvalue weighted by Gasteiger charge is -2.14. The summed E-state index contributed by atoms with van der Waals surface area (Å²) < 4.78 is 1.99. The minimum atomic E-state index is -0.236. The van der Waals surface area contributed by atoms with Crippen LogP contribution in [0.4, 0.5) is 4.79 Å². The maximum absolute atomic E-state index is 12.8. The number of hydrogen-bond donors (Lipinski definition) is 1. The SMILES string of the molecule is CCc1cccc2c(/C=C3\SC(=O)N(CC(C)C)C3=O)cn(CC(=O)NC3CCCC3)c12. The van der Waals surface area contributed by atoms with Gasteiger partial charge in [-0.1, -0.05) is 51.8 Å². The van der Waals surface area contributed by atoms with Crippen LogP contribution in [-0.2, 0) is 22.6 Å². The molecule has 2 aliphatic rings. The highest BCUT2D eigenvalue weighted by Gasteiger charge is 2.35. The molecule has 170 valence electrons. The molecule has 6 nitrogen and oxygen atoms in total. The van der Waals surface area contributed by atoms with E-state index >= 15 is 0 Å². The van der Waals surface area contributed by atoms with Gasteiger partial charge in [0.15, 0.2) is 0 Å². The topological polar surface area (TPSA) is 71.4 Å². The first-order chi connectivity index (χ1) is 15.4. The smallest absolute Gasteiger partial charge is 0.293 e. The van der Waals surface area contributed by atoms with E-state index < -0.39 is 0 Å². The normalized spacial score (nSPS) is 18.6. The molecule has 1 aliphatic carbocycles. The molecule has 1 saturated heterocycles. The van der Waals surface area contributed by atoms with Crippen LogP contribution in [0.1, 0.15) is 57.6 Å². The van der Waals surface area contributed by atoms with Crippen LogP contribution in [0.2, 0.25) is 0 Å². The number of carbonyl (C=O) groups is 3. The minimum absolute atomic E-state index is 0.0171.